The molecule has 0 saturated carbocycles. The van der Waals surface area contributed by atoms with Gasteiger partial charge in [0.15, 0.2) is 9.84 Å². The third-order valence-electron chi connectivity index (χ3n) is 3.27. The first-order chi connectivity index (χ1) is 7.20. The van der Waals surface area contributed by atoms with E-state index in [0.29, 0.717) is 13.1 Å². The lowest BCUT2D eigenvalue weighted by Gasteiger charge is -2.27. The monoisotopic (exact) mass is 249 g/mol. The Morgan fingerprint density at radius 2 is 2.06 bits per heavy atom. The smallest absolute Gasteiger partial charge is 0.243 e. The van der Waals surface area contributed by atoms with Gasteiger partial charge in [-0.15, -0.1) is 0 Å². The van der Waals surface area contributed by atoms with E-state index in [2.05, 4.69) is 0 Å². The maximum absolute atomic E-state index is 12.0. The number of hydrogen-bond donors (Lipinski definition) is 1. The van der Waals surface area contributed by atoms with Crippen molar-refractivity contribution in [2.24, 2.45) is 5.92 Å². The molecule has 1 rings (SSSR count). The van der Waals surface area contributed by atoms with Crippen LogP contribution in [0.4, 0.5) is 0 Å². The summed E-state index contributed by atoms with van der Waals surface area (Å²) in [5.41, 5.74) is 0. The second kappa shape index (κ2) is 4.33. The van der Waals surface area contributed by atoms with Crippen molar-refractivity contribution in [3.63, 3.8) is 0 Å². The number of aliphatic hydroxyl groups excluding tert-OH is 1. The number of likely N-dealkylation sites (tertiary alicyclic amines) is 1. The first-order valence-electron chi connectivity index (χ1n) is 5.30. The van der Waals surface area contributed by atoms with Gasteiger partial charge in [-0.05, 0) is 20.3 Å². The van der Waals surface area contributed by atoms with Crippen molar-refractivity contribution < 1.29 is 18.3 Å². The quantitative estimate of drug-likeness (QED) is 0.742. The van der Waals surface area contributed by atoms with Gasteiger partial charge in [-0.25, -0.2) is 8.42 Å². The fraction of sp³-hybridized carbons (Fsp3) is 0.900. The van der Waals surface area contributed by atoms with E-state index in [0.717, 1.165) is 12.7 Å². The number of rotatable bonds is 3. The van der Waals surface area contributed by atoms with Gasteiger partial charge in [-0.3, -0.25) is 4.79 Å². The Kier molecular flexibility index (Phi) is 3.64. The molecule has 1 amide bonds. The minimum atomic E-state index is -3.42. The molecule has 5 nitrogen and oxygen atoms in total. The largest absolute Gasteiger partial charge is 0.396 e. The van der Waals surface area contributed by atoms with Crippen LogP contribution in [0.2, 0.25) is 0 Å². The number of amides is 1. The van der Waals surface area contributed by atoms with Crippen LogP contribution in [0, 0.1) is 5.92 Å². The molecule has 1 saturated heterocycles. The van der Waals surface area contributed by atoms with E-state index in [9.17, 15) is 13.2 Å². The van der Waals surface area contributed by atoms with Crippen LogP contribution in [-0.2, 0) is 14.6 Å². The summed E-state index contributed by atoms with van der Waals surface area (Å²) in [5.74, 6) is -0.287. The molecule has 0 aromatic carbocycles. The summed E-state index contributed by atoms with van der Waals surface area (Å²) in [6.07, 6.45) is 1.81. The Labute approximate surface area is 96.4 Å². The molecular formula is C10H19NO4S. The van der Waals surface area contributed by atoms with E-state index < -0.39 is 14.6 Å². The van der Waals surface area contributed by atoms with Crippen molar-refractivity contribution in [1.29, 1.82) is 0 Å². The van der Waals surface area contributed by atoms with Crippen LogP contribution in [0.3, 0.4) is 0 Å². The van der Waals surface area contributed by atoms with Gasteiger partial charge in [-0.1, -0.05) is 0 Å². The van der Waals surface area contributed by atoms with Crippen LogP contribution in [0.15, 0.2) is 0 Å². The molecule has 1 unspecified atom stereocenters. The van der Waals surface area contributed by atoms with Gasteiger partial charge in [0.25, 0.3) is 0 Å². The fourth-order valence-corrected chi connectivity index (χ4v) is 2.15. The second-order valence-corrected chi connectivity index (χ2v) is 7.44. The summed E-state index contributed by atoms with van der Waals surface area (Å²) in [5, 5.41) is 8.97. The summed E-state index contributed by atoms with van der Waals surface area (Å²) < 4.78 is 21.6. The predicted molar refractivity (Wildman–Crippen MR) is 60.7 cm³/mol. The Balaban J connectivity index is 2.80. The zero-order chi connectivity index (χ0) is 12.6. The molecule has 1 fully saturated rings. The number of carbonyl (C=O) groups excluding carboxylic acids is 1. The summed E-state index contributed by atoms with van der Waals surface area (Å²) in [4.78, 5) is 13.6. The van der Waals surface area contributed by atoms with Crippen LogP contribution in [-0.4, -0.2) is 55.0 Å². The molecule has 6 heteroatoms. The summed E-state index contributed by atoms with van der Waals surface area (Å²) in [6, 6.07) is 0. The van der Waals surface area contributed by atoms with Gasteiger partial charge in [0.1, 0.15) is 4.75 Å². The maximum atomic E-state index is 12.0. The Hall–Kier alpha value is -0.620. The van der Waals surface area contributed by atoms with E-state index in [1.54, 1.807) is 0 Å². The summed E-state index contributed by atoms with van der Waals surface area (Å²) in [6.45, 7) is 3.88. The first kappa shape index (κ1) is 13.4. The molecule has 0 spiro atoms. The molecule has 0 radical (unpaired) electrons. The molecule has 1 heterocycles. The molecule has 1 N–H and O–H groups in total. The highest BCUT2D eigenvalue weighted by molar-refractivity contribution is 7.92. The van der Waals surface area contributed by atoms with Crippen molar-refractivity contribution >= 4 is 15.7 Å². The van der Waals surface area contributed by atoms with Crippen LogP contribution in [0.5, 0.6) is 0 Å². The van der Waals surface area contributed by atoms with Gasteiger partial charge in [-0.2, -0.15) is 0 Å². The van der Waals surface area contributed by atoms with Crippen LogP contribution < -0.4 is 0 Å². The van der Waals surface area contributed by atoms with E-state index in [1.165, 1.54) is 18.7 Å². The van der Waals surface area contributed by atoms with E-state index in [4.69, 9.17) is 5.11 Å². The van der Waals surface area contributed by atoms with Crippen LogP contribution in [0.25, 0.3) is 0 Å². The first-order valence-corrected chi connectivity index (χ1v) is 7.19. The number of nitrogens with zero attached hydrogens (tertiary/aromatic N) is 1. The van der Waals surface area contributed by atoms with Crippen LogP contribution >= 0.6 is 0 Å². The lowest BCUT2D eigenvalue weighted by atomic mass is 10.1. The normalized spacial score (nSPS) is 22.5. The minimum absolute atomic E-state index is 0.0447. The number of aliphatic hydroxyl groups is 1. The van der Waals surface area contributed by atoms with E-state index >= 15 is 0 Å². The number of carbonyl (C=O) groups is 1. The van der Waals surface area contributed by atoms with Crippen molar-refractivity contribution in [2.75, 3.05) is 26.0 Å². The molecular weight excluding hydrogens is 230 g/mol. The highest BCUT2D eigenvalue weighted by Crippen LogP contribution is 2.23. The van der Waals surface area contributed by atoms with Gasteiger partial charge in [0.2, 0.25) is 5.91 Å². The van der Waals surface area contributed by atoms with E-state index in [1.807, 2.05) is 0 Å². The maximum Gasteiger partial charge on any atom is 0.243 e. The third kappa shape index (κ3) is 2.38. The lowest BCUT2D eigenvalue weighted by molar-refractivity contribution is -0.132. The zero-order valence-electron chi connectivity index (χ0n) is 9.93. The molecule has 0 aromatic heterocycles. The number of sulfone groups is 1. The predicted octanol–water partition coefficient (Wildman–Crippen LogP) is -0.350. The van der Waals surface area contributed by atoms with Gasteiger partial charge in [0.05, 0.1) is 0 Å². The molecule has 16 heavy (non-hydrogen) atoms. The lowest BCUT2D eigenvalue weighted by Crippen LogP contribution is -2.49. The SMILES string of the molecule is CC(C)(C(=O)N1CCC(CO)C1)S(C)(=O)=O. The molecule has 1 aliphatic rings. The zero-order valence-corrected chi connectivity index (χ0v) is 10.7. The van der Waals surface area contributed by atoms with Crippen molar-refractivity contribution in [3.8, 4) is 0 Å². The topological polar surface area (TPSA) is 74.7 Å². The average molecular weight is 249 g/mol. The van der Waals surface area contributed by atoms with Crippen molar-refractivity contribution in [3.05, 3.63) is 0 Å². The Morgan fingerprint density at radius 3 is 2.44 bits per heavy atom. The van der Waals surface area contributed by atoms with Gasteiger partial charge >= 0.3 is 0 Å². The van der Waals surface area contributed by atoms with Crippen molar-refractivity contribution in [2.45, 2.75) is 25.0 Å². The second-order valence-electron chi connectivity index (χ2n) is 4.87. The molecule has 1 aliphatic heterocycles. The molecule has 0 aromatic rings. The third-order valence-corrected chi connectivity index (χ3v) is 5.30. The number of hydrogen-bond acceptors (Lipinski definition) is 4. The summed E-state index contributed by atoms with van der Waals surface area (Å²) >= 11 is 0. The van der Waals surface area contributed by atoms with Gasteiger partial charge < -0.3 is 10.0 Å². The molecule has 94 valence electrons. The standard InChI is InChI=1S/C10H19NO4S/c1-10(2,16(3,14)15)9(13)11-5-4-8(6-11)7-12/h8,12H,4-7H2,1-3H3. The summed E-state index contributed by atoms with van der Waals surface area (Å²) in [7, 11) is -3.42. The molecule has 1 atom stereocenters. The van der Waals surface area contributed by atoms with E-state index in [-0.39, 0.29) is 18.4 Å². The highest BCUT2D eigenvalue weighted by Gasteiger charge is 2.42. The van der Waals surface area contributed by atoms with Gasteiger partial charge in [0, 0.05) is 31.9 Å². The molecule has 0 aliphatic carbocycles. The Morgan fingerprint density at radius 1 is 1.50 bits per heavy atom. The molecule has 0 bridgehead atoms. The Bertz CT molecular complexity index is 374. The average Bonchev–Trinajstić information content (AvgIpc) is 2.62. The van der Waals surface area contributed by atoms with Crippen LogP contribution in [0.1, 0.15) is 20.3 Å². The fourth-order valence-electron chi connectivity index (χ4n) is 1.71. The van der Waals surface area contributed by atoms with Crippen molar-refractivity contribution in [1.82, 2.24) is 4.90 Å². The highest BCUT2D eigenvalue weighted by atomic mass is 32.2. The minimum Gasteiger partial charge on any atom is -0.396 e.